The maximum absolute atomic E-state index is 12.3. The van der Waals surface area contributed by atoms with E-state index in [4.69, 9.17) is 4.74 Å². The number of nitrogens with zero attached hydrogens (tertiary/aromatic N) is 1. The zero-order valence-electron chi connectivity index (χ0n) is 14.7. The topological polar surface area (TPSA) is 69.7 Å². The number of carbonyl (C=O) groups is 2. The molecule has 0 unspecified atom stereocenters. The van der Waals surface area contributed by atoms with Gasteiger partial charge in [0.25, 0.3) is 0 Å². The first kappa shape index (κ1) is 18.5. The smallest absolute Gasteiger partial charge is 0.545 e. The van der Waals surface area contributed by atoms with Gasteiger partial charge in [-0.2, -0.15) is 0 Å². The Morgan fingerprint density at radius 3 is 1.96 bits per heavy atom. The second-order valence-corrected chi connectivity index (χ2v) is 7.28. The molecule has 1 saturated carbocycles. The van der Waals surface area contributed by atoms with E-state index in [1.54, 1.807) is 12.1 Å². The van der Waals surface area contributed by atoms with Gasteiger partial charge in [0.15, 0.2) is 0 Å². The Kier molecular flexibility index (Phi) is 5.58. The van der Waals surface area contributed by atoms with Crippen LogP contribution in [0, 0.1) is 5.92 Å². The van der Waals surface area contributed by atoms with E-state index in [1.165, 1.54) is 0 Å². The molecule has 1 aromatic carbocycles. The number of benzene rings is 1. The minimum absolute atomic E-state index is 0. The van der Waals surface area contributed by atoms with Crippen LogP contribution >= 0.6 is 0 Å². The van der Waals surface area contributed by atoms with Crippen molar-refractivity contribution in [3.05, 3.63) is 34.9 Å². The summed E-state index contributed by atoms with van der Waals surface area (Å²) in [6.07, 6.45) is 4.07. The van der Waals surface area contributed by atoms with Crippen molar-refractivity contribution in [3.63, 3.8) is 0 Å². The minimum Gasteiger partial charge on any atom is -0.545 e. The third-order valence-electron chi connectivity index (χ3n) is 5.53. The Bertz CT molecular complexity index is 661. The van der Waals surface area contributed by atoms with Gasteiger partial charge >= 0.3 is 18.9 Å². The van der Waals surface area contributed by atoms with Crippen molar-refractivity contribution in [3.8, 4) is 0 Å². The molecule has 0 radical (unpaired) electrons. The molecule has 1 amide bonds. The van der Waals surface area contributed by atoms with Crippen LogP contribution < -0.4 is 24.0 Å². The monoisotopic (exact) mass is 335 g/mol. The molecule has 2 saturated heterocycles. The van der Waals surface area contributed by atoms with E-state index >= 15 is 0 Å². The molecule has 25 heavy (non-hydrogen) atoms. The Morgan fingerprint density at radius 1 is 0.960 bits per heavy atom. The fourth-order valence-corrected chi connectivity index (χ4v) is 3.75. The van der Waals surface area contributed by atoms with Crippen LogP contribution in [0.3, 0.4) is 0 Å². The number of piperidine rings is 1. The zero-order chi connectivity index (χ0) is 16.7. The third kappa shape index (κ3) is 3.94. The summed E-state index contributed by atoms with van der Waals surface area (Å²) in [6.45, 7) is 2.59. The SMILES string of the molecule is O=C([O-])c1cc(C2CC2)cc(C2CCN(C(=O)C3COC3)CC2)c1.[Li+]. The zero-order valence-corrected chi connectivity index (χ0v) is 14.7. The molecule has 6 heteroatoms. The number of ether oxygens (including phenoxy) is 1. The average Bonchev–Trinajstić information content (AvgIpc) is 3.38. The van der Waals surface area contributed by atoms with Crippen LogP contribution in [0.2, 0.25) is 0 Å². The largest absolute Gasteiger partial charge is 1.00 e. The summed E-state index contributed by atoms with van der Waals surface area (Å²) >= 11 is 0. The van der Waals surface area contributed by atoms with Crippen LogP contribution in [0.15, 0.2) is 18.2 Å². The van der Waals surface area contributed by atoms with Gasteiger partial charge in [0.1, 0.15) is 0 Å². The standard InChI is InChI=1S/C19H23NO4.Li/c21-18(17-10-24-11-17)20-5-3-13(4-6-20)15-7-14(12-1-2-12)8-16(9-15)19(22)23;/h7-9,12-13,17H,1-6,10-11H2,(H,22,23);/q;+1/p-1. The van der Waals surface area contributed by atoms with Crippen molar-refractivity contribution in [2.75, 3.05) is 26.3 Å². The summed E-state index contributed by atoms with van der Waals surface area (Å²) in [5, 5.41) is 11.3. The summed E-state index contributed by atoms with van der Waals surface area (Å²) in [5.41, 5.74) is 2.52. The van der Waals surface area contributed by atoms with Crippen LogP contribution in [0.1, 0.15) is 59.0 Å². The van der Waals surface area contributed by atoms with E-state index in [-0.39, 0.29) is 30.7 Å². The van der Waals surface area contributed by atoms with Gasteiger partial charge in [0.2, 0.25) is 5.91 Å². The Morgan fingerprint density at radius 2 is 1.52 bits per heavy atom. The van der Waals surface area contributed by atoms with Crippen molar-refractivity contribution in [2.45, 2.75) is 37.5 Å². The van der Waals surface area contributed by atoms with Gasteiger partial charge < -0.3 is 19.5 Å². The molecule has 5 nitrogen and oxygen atoms in total. The number of aromatic carboxylic acids is 1. The molecule has 0 atom stereocenters. The van der Waals surface area contributed by atoms with E-state index < -0.39 is 5.97 Å². The number of amides is 1. The van der Waals surface area contributed by atoms with Crippen molar-refractivity contribution in [1.82, 2.24) is 4.90 Å². The number of hydrogen-bond acceptors (Lipinski definition) is 4. The second kappa shape index (κ2) is 7.53. The van der Waals surface area contributed by atoms with Crippen molar-refractivity contribution in [1.29, 1.82) is 0 Å². The molecule has 0 spiro atoms. The number of carboxylic acid groups (broad SMARTS) is 1. The normalized spacial score (nSPS) is 21.4. The summed E-state index contributed by atoms with van der Waals surface area (Å²) in [4.78, 5) is 25.5. The molecule has 128 valence electrons. The van der Waals surface area contributed by atoms with Crippen LogP contribution in [0.4, 0.5) is 0 Å². The first-order valence-corrected chi connectivity index (χ1v) is 8.84. The predicted octanol–water partition coefficient (Wildman–Crippen LogP) is -1.72. The molecular weight excluding hydrogens is 313 g/mol. The summed E-state index contributed by atoms with van der Waals surface area (Å²) < 4.78 is 5.11. The Balaban J connectivity index is 0.00000182. The number of likely N-dealkylation sites (tertiary alicyclic amines) is 1. The van der Waals surface area contributed by atoms with Crippen molar-refractivity contribution in [2.24, 2.45) is 5.92 Å². The van der Waals surface area contributed by atoms with Crippen molar-refractivity contribution >= 4 is 11.9 Å². The molecule has 2 heterocycles. The first-order chi connectivity index (χ1) is 11.6. The Hall–Kier alpha value is -1.28. The number of rotatable bonds is 4. The molecule has 4 rings (SSSR count). The van der Waals surface area contributed by atoms with Crippen molar-refractivity contribution < 1.29 is 38.3 Å². The fourth-order valence-electron chi connectivity index (χ4n) is 3.75. The number of carboxylic acids is 1. The van der Waals surface area contributed by atoms with Gasteiger partial charge in [-0.05, 0) is 66.3 Å². The molecule has 0 N–H and O–H groups in total. The summed E-state index contributed by atoms with van der Waals surface area (Å²) in [6, 6.07) is 5.71. The quantitative estimate of drug-likeness (QED) is 0.614. The van der Waals surface area contributed by atoms with Gasteiger partial charge in [0.05, 0.1) is 25.1 Å². The molecule has 1 aliphatic carbocycles. The van der Waals surface area contributed by atoms with E-state index in [0.29, 0.717) is 30.6 Å². The summed E-state index contributed by atoms with van der Waals surface area (Å²) in [5.74, 6) is -0.00513. The number of carbonyl (C=O) groups excluding carboxylic acids is 2. The van der Waals surface area contributed by atoms with Gasteiger partial charge in [-0.15, -0.1) is 0 Å². The van der Waals surface area contributed by atoms with E-state index in [0.717, 1.165) is 49.9 Å². The minimum atomic E-state index is -1.10. The number of hydrogen-bond donors (Lipinski definition) is 0. The van der Waals surface area contributed by atoms with E-state index in [9.17, 15) is 14.7 Å². The molecular formula is C19H22LiNO4. The molecule has 3 fully saturated rings. The van der Waals surface area contributed by atoms with Crippen LogP contribution in [-0.4, -0.2) is 43.1 Å². The molecule has 1 aromatic rings. The van der Waals surface area contributed by atoms with E-state index in [2.05, 4.69) is 6.07 Å². The molecule has 0 bridgehead atoms. The van der Waals surface area contributed by atoms with Gasteiger partial charge in [0, 0.05) is 13.1 Å². The van der Waals surface area contributed by atoms with Crippen LogP contribution in [0.25, 0.3) is 0 Å². The van der Waals surface area contributed by atoms with Gasteiger partial charge in [-0.3, -0.25) is 4.79 Å². The second-order valence-electron chi connectivity index (χ2n) is 7.28. The van der Waals surface area contributed by atoms with Crippen LogP contribution in [0.5, 0.6) is 0 Å². The van der Waals surface area contributed by atoms with E-state index in [1.807, 2.05) is 4.90 Å². The van der Waals surface area contributed by atoms with Gasteiger partial charge in [-0.1, -0.05) is 6.07 Å². The predicted molar refractivity (Wildman–Crippen MR) is 85.6 cm³/mol. The average molecular weight is 335 g/mol. The summed E-state index contributed by atoms with van der Waals surface area (Å²) in [7, 11) is 0. The molecule has 2 aliphatic heterocycles. The maximum Gasteiger partial charge on any atom is 1.00 e. The maximum atomic E-state index is 12.3. The van der Waals surface area contributed by atoms with Gasteiger partial charge in [-0.25, -0.2) is 0 Å². The molecule has 3 aliphatic rings. The first-order valence-electron chi connectivity index (χ1n) is 8.84. The molecule has 0 aromatic heterocycles. The Labute approximate surface area is 159 Å². The van der Waals surface area contributed by atoms with Crippen LogP contribution in [-0.2, 0) is 9.53 Å². The fraction of sp³-hybridized carbons (Fsp3) is 0.579. The third-order valence-corrected chi connectivity index (χ3v) is 5.53.